The summed E-state index contributed by atoms with van der Waals surface area (Å²) >= 11 is 0. The number of nitrogens with zero attached hydrogens (tertiary/aromatic N) is 2. The Bertz CT molecular complexity index is 997. The first-order valence-corrected chi connectivity index (χ1v) is 8.97. The Hall–Kier alpha value is -3.19. The molecular weight excluding hydrogens is 342 g/mol. The van der Waals surface area contributed by atoms with Crippen LogP contribution in [0.5, 0.6) is 0 Å². The number of amides is 2. The fourth-order valence-corrected chi connectivity index (χ4v) is 3.31. The van der Waals surface area contributed by atoms with E-state index in [0.717, 1.165) is 17.6 Å². The molecule has 7 heteroatoms. The number of anilines is 1. The third-order valence-corrected chi connectivity index (χ3v) is 4.71. The van der Waals surface area contributed by atoms with Crippen LogP contribution in [-0.4, -0.2) is 52.4 Å². The molecule has 1 aliphatic heterocycles. The summed E-state index contributed by atoms with van der Waals surface area (Å²) < 4.78 is 0. The summed E-state index contributed by atoms with van der Waals surface area (Å²) in [5, 5.41) is 6.19. The van der Waals surface area contributed by atoms with Gasteiger partial charge in [0.05, 0.1) is 17.4 Å². The highest BCUT2D eigenvalue weighted by atomic mass is 16.2. The fourth-order valence-electron chi connectivity index (χ4n) is 3.31. The second-order valence-electron chi connectivity index (χ2n) is 6.78. The van der Waals surface area contributed by atoms with Crippen molar-refractivity contribution in [3.05, 3.63) is 59.9 Å². The summed E-state index contributed by atoms with van der Waals surface area (Å²) in [6.07, 6.45) is 1.60. The van der Waals surface area contributed by atoms with Crippen LogP contribution in [0.2, 0.25) is 0 Å². The molecule has 3 aromatic rings. The summed E-state index contributed by atoms with van der Waals surface area (Å²) in [5.41, 5.74) is 3.31. The maximum absolute atomic E-state index is 12.7. The van der Waals surface area contributed by atoms with E-state index in [1.807, 2.05) is 4.90 Å². The molecule has 4 rings (SSSR count). The zero-order valence-corrected chi connectivity index (χ0v) is 15.0. The van der Waals surface area contributed by atoms with Crippen molar-refractivity contribution in [2.24, 2.45) is 0 Å². The average molecular weight is 363 g/mol. The van der Waals surface area contributed by atoms with Gasteiger partial charge in [0.15, 0.2) is 0 Å². The van der Waals surface area contributed by atoms with Crippen molar-refractivity contribution < 1.29 is 9.59 Å². The lowest BCUT2D eigenvalue weighted by molar-refractivity contribution is 0.0709. The van der Waals surface area contributed by atoms with Gasteiger partial charge in [0.25, 0.3) is 11.8 Å². The minimum atomic E-state index is -0.230. The van der Waals surface area contributed by atoms with E-state index in [2.05, 4.69) is 27.5 Å². The Labute approximate surface area is 156 Å². The van der Waals surface area contributed by atoms with Crippen LogP contribution in [0.4, 0.5) is 5.69 Å². The van der Waals surface area contributed by atoms with E-state index in [4.69, 9.17) is 0 Å². The zero-order chi connectivity index (χ0) is 18.8. The second kappa shape index (κ2) is 7.20. The number of fused-ring (bicyclic) bond motifs is 1. The molecule has 1 unspecified atom stereocenters. The molecule has 0 bridgehead atoms. The van der Waals surface area contributed by atoms with Gasteiger partial charge in [-0.2, -0.15) is 0 Å². The van der Waals surface area contributed by atoms with Gasteiger partial charge >= 0.3 is 0 Å². The summed E-state index contributed by atoms with van der Waals surface area (Å²) in [6, 6.07) is 12.6. The number of H-pyrrole nitrogens is 1. The van der Waals surface area contributed by atoms with Crippen molar-refractivity contribution in [2.75, 3.05) is 25.0 Å². The molecule has 2 amide bonds. The van der Waals surface area contributed by atoms with Crippen LogP contribution in [0.3, 0.4) is 0 Å². The fraction of sp³-hybridized carbons (Fsp3) is 0.250. The number of nitrogens with one attached hydrogen (secondary N) is 3. The topological polar surface area (TPSA) is 90.1 Å². The molecule has 2 aromatic carbocycles. The summed E-state index contributed by atoms with van der Waals surface area (Å²) in [6.45, 7) is 4.22. The molecule has 2 heterocycles. The van der Waals surface area contributed by atoms with Gasteiger partial charge in [-0.15, -0.1) is 0 Å². The summed E-state index contributed by atoms with van der Waals surface area (Å²) in [7, 11) is 0. The smallest absolute Gasteiger partial charge is 0.255 e. The Morgan fingerprint density at radius 2 is 2.07 bits per heavy atom. The lowest BCUT2D eigenvalue weighted by atomic mass is 10.1. The van der Waals surface area contributed by atoms with Crippen LogP contribution < -0.4 is 10.6 Å². The highest BCUT2D eigenvalue weighted by Crippen LogP contribution is 2.17. The predicted molar refractivity (Wildman–Crippen MR) is 104 cm³/mol. The molecule has 0 aliphatic carbocycles. The van der Waals surface area contributed by atoms with Crippen molar-refractivity contribution in [2.45, 2.75) is 13.0 Å². The molecule has 27 heavy (non-hydrogen) atoms. The number of carbonyl (C=O) groups is 2. The number of hydrogen-bond acceptors (Lipinski definition) is 4. The molecule has 1 saturated heterocycles. The van der Waals surface area contributed by atoms with Crippen LogP contribution >= 0.6 is 0 Å². The molecule has 0 saturated carbocycles. The Morgan fingerprint density at radius 3 is 2.93 bits per heavy atom. The lowest BCUT2D eigenvalue weighted by Gasteiger charge is -2.32. The van der Waals surface area contributed by atoms with E-state index >= 15 is 0 Å². The zero-order valence-electron chi connectivity index (χ0n) is 15.0. The van der Waals surface area contributed by atoms with Crippen LogP contribution in [0.1, 0.15) is 27.6 Å². The first kappa shape index (κ1) is 17.2. The van der Waals surface area contributed by atoms with E-state index in [0.29, 0.717) is 29.9 Å². The minimum Gasteiger partial charge on any atom is -0.345 e. The number of carbonyl (C=O) groups excluding carboxylic acids is 2. The van der Waals surface area contributed by atoms with Crippen molar-refractivity contribution in [1.82, 2.24) is 20.2 Å². The van der Waals surface area contributed by atoms with Crippen molar-refractivity contribution in [3.8, 4) is 0 Å². The van der Waals surface area contributed by atoms with Gasteiger partial charge in [0.1, 0.15) is 0 Å². The normalized spacial score (nSPS) is 17.1. The van der Waals surface area contributed by atoms with Gasteiger partial charge < -0.3 is 20.5 Å². The first-order chi connectivity index (χ1) is 13.1. The third kappa shape index (κ3) is 3.68. The van der Waals surface area contributed by atoms with E-state index in [1.165, 1.54) is 0 Å². The van der Waals surface area contributed by atoms with Gasteiger partial charge in [-0.3, -0.25) is 9.59 Å². The third-order valence-electron chi connectivity index (χ3n) is 4.71. The molecular formula is C20H21N5O2. The van der Waals surface area contributed by atoms with Crippen LogP contribution in [-0.2, 0) is 0 Å². The number of hydrogen-bond donors (Lipinski definition) is 3. The number of aromatic nitrogens is 2. The van der Waals surface area contributed by atoms with E-state index in [1.54, 1.807) is 48.8 Å². The molecule has 0 radical (unpaired) electrons. The standard InChI is InChI=1S/C20H21N5O2/c1-13-11-25(8-7-21-13)20(27)15-3-2-4-16(9-15)24-19(26)14-5-6-17-18(10-14)23-12-22-17/h2-6,9-10,12-13,21H,7-8,11H2,1H3,(H,22,23)(H,24,26). The highest BCUT2D eigenvalue weighted by molar-refractivity contribution is 6.06. The second-order valence-corrected chi connectivity index (χ2v) is 6.78. The molecule has 1 fully saturated rings. The van der Waals surface area contributed by atoms with Gasteiger partial charge in [-0.1, -0.05) is 6.07 Å². The molecule has 1 aromatic heterocycles. The Kier molecular flexibility index (Phi) is 4.60. The Balaban J connectivity index is 1.50. The van der Waals surface area contributed by atoms with Gasteiger partial charge in [-0.05, 0) is 43.3 Å². The maximum atomic E-state index is 12.7. The maximum Gasteiger partial charge on any atom is 0.255 e. The molecule has 7 nitrogen and oxygen atoms in total. The van der Waals surface area contributed by atoms with E-state index < -0.39 is 0 Å². The molecule has 3 N–H and O–H groups in total. The molecule has 1 atom stereocenters. The molecule has 1 aliphatic rings. The number of aromatic amines is 1. The lowest BCUT2D eigenvalue weighted by Crippen LogP contribution is -2.51. The van der Waals surface area contributed by atoms with Gasteiger partial charge in [0, 0.05) is 42.5 Å². The van der Waals surface area contributed by atoms with Crippen LogP contribution in [0.15, 0.2) is 48.8 Å². The number of imidazole rings is 1. The van der Waals surface area contributed by atoms with Crippen LogP contribution in [0.25, 0.3) is 11.0 Å². The highest BCUT2D eigenvalue weighted by Gasteiger charge is 2.21. The Morgan fingerprint density at radius 1 is 1.19 bits per heavy atom. The van der Waals surface area contributed by atoms with Gasteiger partial charge in [-0.25, -0.2) is 4.98 Å². The quantitative estimate of drug-likeness (QED) is 0.666. The molecule has 0 spiro atoms. The predicted octanol–water partition coefficient (Wildman–Crippen LogP) is 2.25. The van der Waals surface area contributed by atoms with Crippen molar-refractivity contribution >= 4 is 28.5 Å². The molecule has 138 valence electrons. The average Bonchev–Trinajstić information content (AvgIpc) is 3.15. The van der Waals surface area contributed by atoms with Crippen molar-refractivity contribution in [1.29, 1.82) is 0 Å². The largest absolute Gasteiger partial charge is 0.345 e. The number of benzene rings is 2. The number of piperazine rings is 1. The van der Waals surface area contributed by atoms with Crippen LogP contribution in [0, 0.1) is 0 Å². The SMILES string of the molecule is CC1CN(C(=O)c2cccc(NC(=O)c3ccc4nc[nH]c4c3)c2)CCN1. The first-order valence-electron chi connectivity index (χ1n) is 8.97. The minimum absolute atomic E-state index is 0.0154. The van der Waals surface area contributed by atoms with E-state index in [-0.39, 0.29) is 17.9 Å². The van der Waals surface area contributed by atoms with E-state index in [9.17, 15) is 9.59 Å². The summed E-state index contributed by atoms with van der Waals surface area (Å²) in [5.74, 6) is -0.245. The summed E-state index contributed by atoms with van der Waals surface area (Å²) in [4.78, 5) is 34.3. The van der Waals surface area contributed by atoms with Crippen molar-refractivity contribution in [3.63, 3.8) is 0 Å². The monoisotopic (exact) mass is 363 g/mol. The van der Waals surface area contributed by atoms with Gasteiger partial charge in [0.2, 0.25) is 0 Å². The number of rotatable bonds is 3.